The fourth-order valence-electron chi connectivity index (χ4n) is 4.38. The molecule has 11 nitrogen and oxygen atoms in total. The van der Waals surface area contributed by atoms with Crippen LogP contribution in [0, 0.1) is 0 Å². The van der Waals surface area contributed by atoms with Crippen LogP contribution in [0.4, 0.5) is 26.3 Å². The summed E-state index contributed by atoms with van der Waals surface area (Å²) in [5.41, 5.74) is 3.40. The molecule has 5 rings (SSSR count). The molecule has 3 N–H and O–H groups in total. The molecule has 0 atom stereocenters. The first-order valence-electron chi connectivity index (χ1n) is 13.8. The topological polar surface area (TPSA) is 142 Å². The molecule has 0 bridgehead atoms. The first-order chi connectivity index (χ1) is 21.7. The molecule has 0 radical (unpaired) electrons. The minimum absolute atomic E-state index is 0.119. The van der Waals surface area contributed by atoms with Crippen molar-refractivity contribution in [2.45, 2.75) is 38.2 Å². The highest BCUT2D eigenvalue weighted by Gasteiger charge is 2.38. The van der Waals surface area contributed by atoms with Crippen molar-refractivity contribution in [3.8, 4) is 11.4 Å². The van der Waals surface area contributed by atoms with Gasteiger partial charge < -0.3 is 25.0 Å². The molecule has 4 aromatic rings. The number of carbonyl (C=O) groups is 3. The van der Waals surface area contributed by atoms with Gasteiger partial charge in [0, 0.05) is 56.2 Å². The molecule has 4 aromatic heterocycles. The molecule has 1 amide bonds. The second-order valence-electron chi connectivity index (χ2n) is 9.94. The number of pyridine rings is 2. The zero-order valence-electron chi connectivity index (χ0n) is 24.1. The highest BCUT2D eigenvalue weighted by molar-refractivity contribution is 6.00. The van der Waals surface area contributed by atoms with Gasteiger partial charge >= 0.3 is 24.3 Å². The number of fused-ring (bicyclic) bond motifs is 1. The normalized spacial score (nSPS) is 13.6. The van der Waals surface area contributed by atoms with E-state index in [9.17, 15) is 31.1 Å². The molecule has 17 heteroatoms. The average Bonchev–Trinajstić information content (AvgIpc) is 3.63. The van der Waals surface area contributed by atoms with E-state index in [0.717, 1.165) is 48.6 Å². The molecule has 1 aliphatic heterocycles. The van der Waals surface area contributed by atoms with Crippen LogP contribution in [-0.2, 0) is 16.1 Å². The third-order valence-corrected chi connectivity index (χ3v) is 6.51. The van der Waals surface area contributed by atoms with Gasteiger partial charge in [-0.2, -0.15) is 26.3 Å². The maximum Gasteiger partial charge on any atom is 0.490 e. The van der Waals surface area contributed by atoms with Gasteiger partial charge in [0.1, 0.15) is 5.82 Å². The summed E-state index contributed by atoms with van der Waals surface area (Å²) in [6.07, 6.45) is 3.36. The number of amides is 1. The summed E-state index contributed by atoms with van der Waals surface area (Å²) < 4.78 is 67.6. The zero-order valence-corrected chi connectivity index (χ0v) is 24.1. The standard InChI is InChI=1S/C25H28N6O.2C2HF3O2/c32-25(27-11-16-29-12-3-1-4-13-29)23-22-8-2-5-14-31(22)24(28-23)21-9-15-30(19-21)18-20-7-6-10-26-17-20;2*3-2(4,5)1(6)7/h2,5-10,14-15,17,19H,1,3-4,11-13,16,18H2,(H,27,32);2*(H,6,7). The maximum absolute atomic E-state index is 13.0. The predicted molar refractivity (Wildman–Crippen MR) is 152 cm³/mol. The van der Waals surface area contributed by atoms with Crippen molar-refractivity contribution < 1.29 is 50.9 Å². The third kappa shape index (κ3) is 10.6. The molecule has 1 aliphatic rings. The van der Waals surface area contributed by atoms with Crippen LogP contribution in [-0.4, -0.2) is 90.4 Å². The van der Waals surface area contributed by atoms with E-state index in [-0.39, 0.29) is 5.91 Å². The van der Waals surface area contributed by atoms with E-state index < -0.39 is 24.3 Å². The fourth-order valence-corrected chi connectivity index (χ4v) is 4.38. The molecule has 0 aromatic carbocycles. The summed E-state index contributed by atoms with van der Waals surface area (Å²) in [6.45, 7) is 4.52. The number of carbonyl (C=O) groups excluding carboxylic acids is 1. The second-order valence-corrected chi connectivity index (χ2v) is 9.94. The summed E-state index contributed by atoms with van der Waals surface area (Å²) in [4.78, 5) is 42.1. The number of nitrogens with one attached hydrogen (secondary N) is 1. The summed E-state index contributed by atoms with van der Waals surface area (Å²) in [7, 11) is 0. The lowest BCUT2D eigenvalue weighted by molar-refractivity contribution is -0.193. The lowest BCUT2D eigenvalue weighted by Gasteiger charge is -2.26. The predicted octanol–water partition coefficient (Wildman–Crippen LogP) is 4.73. The number of aromatic nitrogens is 4. The van der Waals surface area contributed by atoms with Gasteiger partial charge in [-0.3, -0.25) is 14.2 Å². The molecule has 1 fully saturated rings. The van der Waals surface area contributed by atoms with Crippen molar-refractivity contribution in [2.75, 3.05) is 26.2 Å². The van der Waals surface area contributed by atoms with Crippen LogP contribution in [0.5, 0.6) is 0 Å². The molecular formula is C29H30F6N6O5. The summed E-state index contributed by atoms with van der Waals surface area (Å²) >= 11 is 0. The molecular weight excluding hydrogens is 626 g/mol. The van der Waals surface area contributed by atoms with Crippen LogP contribution >= 0.6 is 0 Å². The summed E-state index contributed by atoms with van der Waals surface area (Å²) in [6, 6.07) is 11.9. The van der Waals surface area contributed by atoms with Crippen molar-refractivity contribution in [1.82, 2.24) is 29.2 Å². The molecule has 0 unspecified atom stereocenters. The largest absolute Gasteiger partial charge is 0.490 e. The van der Waals surface area contributed by atoms with Gasteiger partial charge in [0.2, 0.25) is 0 Å². The van der Waals surface area contributed by atoms with Crippen molar-refractivity contribution in [2.24, 2.45) is 0 Å². The van der Waals surface area contributed by atoms with Crippen LogP contribution in [0.1, 0.15) is 35.3 Å². The van der Waals surface area contributed by atoms with Crippen LogP contribution in [0.15, 0.2) is 67.4 Å². The van der Waals surface area contributed by atoms with Crippen LogP contribution in [0.3, 0.4) is 0 Å². The number of carboxylic acids is 2. The number of nitrogens with zero attached hydrogens (tertiary/aromatic N) is 5. The molecule has 248 valence electrons. The lowest BCUT2D eigenvalue weighted by atomic mass is 10.1. The van der Waals surface area contributed by atoms with Crippen molar-refractivity contribution in [3.05, 3.63) is 78.6 Å². The van der Waals surface area contributed by atoms with E-state index in [4.69, 9.17) is 24.8 Å². The Morgan fingerprint density at radius 3 is 2.11 bits per heavy atom. The van der Waals surface area contributed by atoms with E-state index in [1.54, 1.807) is 6.20 Å². The Bertz CT molecular complexity index is 1570. The number of piperidine rings is 1. The van der Waals surface area contributed by atoms with Gasteiger partial charge in [0.25, 0.3) is 5.91 Å². The van der Waals surface area contributed by atoms with Crippen molar-refractivity contribution in [3.63, 3.8) is 0 Å². The Hall–Kier alpha value is -4.93. The number of rotatable bonds is 7. The van der Waals surface area contributed by atoms with Gasteiger partial charge in [-0.15, -0.1) is 0 Å². The van der Waals surface area contributed by atoms with Crippen LogP contribution < -0.4 is 5.32 Å². The van der Waals surface area contributed by atoms with E-state index in [2.05, 4.69) is 32.0 Å². The molecule has 1 saturated heterocycles. The SMILES string of the molecule is O=C(NCCN1CCCCC1)c1nc(-c2ccn(Cc3cccnc3)c2)n2ccccc12.O=C(O)C(F)(F)F.O=C(O)C(F)(F)F. The van der Waals surface area contributed by atoms with Gasteiger partial charge in [-0.1, -0.05) is 18.6 Å². The zero-order chi connectivity index (χ0) is 33.9. The quantitative estimate of drug-likeness (QED) is 0.243. The van der Waals surface area contributed by atoms with E-state index in [1.165, 1.54) is 19.3 Å². The lowest BCUT2D eigenvalue weighted by Crippen LogP contribution is -2.37. The Morgan fingerprint density at radius 2 is 1.52 bits per heavy atom. The average molecular weight is 657 g/mol. The van der Waals surface area contributed by atoms with Gasteiger partial charge in [0.05, 0.1) is 5.52 Å². The number of likely N-dealkylation sites (tertiary alicyclic amines) is 1. The molecule has 46 heavy (non-hydrogen) atoms. The number of hydrogen-bond donors (Lipinski definition) is 3. The molecule has 0 spiro atoms. The smallest absolute Gasteiger partial charge is 0.475 e. The van der Waals surface area contributed by atoms with Crippen LogP contribution in [0.25, 0.3) is 16.9 Å². The molecule has 5 heterocycles. The number of halogens is 6. The van der Waals surface area contributed by atoms with Gasteiger partial charge in [-0.05, 0) is 55.8 Å². The minimum atomic E-state index is -5.08. The fraction of sp³-hybridized carbons (Fsp3) is 0.345. The van der Waals surface area contributed by atoms with E-state index in [0.29, 0.717) is 12.2 Å². The second kappa shape index (κ2) is 15.9. The highest BCUT2D eigenvalue weighted by Crippen LogP contribution is 2.24. The monoisotopic (exact) mass is 656 g/mol. The van der Waals surface area contributed by atoms with E-state index in [1.807, 2.05) is 53.3 Å². The molecule has 0 saturated carbocycles. The number of imidazole rings is 1. The Kier molecular flexibility index (Phi) is 12.3. The van der Waals surface area contributed by atoms with Gasteiger partial charge in [-0.25, -0.2) is 14.6 Å². The van der Waals surface area contributed by atoms with Gasteiger partial charge in [0.15, 0.2) is 5.69 Å². The maximum atomic E-state index is 13.0. The Morgan fingerprint density at radius 1 is 0.870 bits per heavy atom. The number of alkyl halides is 6. The van der Waals surface area contributed by atoms with Crippen molar-refractivity contribution >= 4 is 23.4 Å². The number of aliphatic carboxylic acids is 2. The number of hydrogen-bond acceptors (Lipinski definition) is 6. The first-order valence-corrected chi connectivity index (χ1v) is 13.8. The van der Waals surface area contributed by atoms with Crippen molar-refractivity contribution in [1.29, 1.82) is 0 Å². The molecule has 0 aliphatic carbocycles. The minimum Gasteiger partial charge on any atom is -0.475 e. The third-order valence-electron chi connectivity index (χ3n) is 6.51. The Balaban J connectivity index is 0.000000345. The van der Waals surface area contributed by atoms with Crippen LogP contribution in [0.2, 0.25) is 0 Å². The summed E-state index contributed by atoms with van der Waals surface area (Å²) in [5, 5.41) is 17.3. The Labute approximate surface area is 258 Å². The first kappa shape index (κ1) is 35.5. The van der Waals surface area contributed by atoms with E-state index >= 15 is 0 Å². The summed E-state index contributed by atoms with van der Waals surface area (Å²) in [5.74, 6) is -4.86. The number of carboxylic acid groups (broad SMARTS) is 2. The highest BCUT2D eigenvalue weighted by atomic mass is 19.4.